The second kappa shape index (κ2) is 5.39. The van der Waals surface area contributed by atoms with E-state index in [1.54, 1.807) is 0 Å². The van der Waals surface area contributed by atoms with E-state index in [-0.39, 0.29) is 0 Å². The van der Waals surface area contributed by atoms with Crippen LogP contribution < -0.4 is 15.2 Å². The third-order valence-corrected chi connectivity index (χ3v) is 3.90. The van der Waals surface area contributed by atoms with E-state index in [0.717, 1.165) is 30.5 Å². The molecule has 0 amide bonds. The summed E-state index contributed by atoms with van der Waals surface area (Å²) in [5.74, 6) is 2.52. The Balaban J connectivity index is 1.57. The first-order valence-electron chi connectivity index (χ1n) is 7.03. The van der Waals surface area contributed by atoms with Crippen molar-refractivity contribution >= 4 is 0 Å². The van der Waals surface area contributed by atoms with Crippen molar-refractivity contribution in [2.45, 2.75) is 25.4 Å². The van der Waals surface area contributed by atoms with E-state index in [9.17, 15) is 0 Å². The summed E-state index contributed by atoms with van der Waals surface area (Å²) in [6.07, 6.45) is 2.34. The number of fused-ring (bicyclic) bond motifs is 1. The van der Waals surface area contributed by atoms with Gasteiger partial charge in [-0.1, -0.05) is 6.07 Å². The number of nitrogens with two attached hydrogens (primary N) is 1. The molecule has 0 spiro atoms. The molecule has 0 bridgehead atoms. The Labute approximate surface area is 114 Å². The Kier molecular flexibility index (Phi) is 3.62. The first-order chi connectivity index (χ1) is 9.20. The molecule has 1 aromatic rings. The number of hydrogen-bond donors (Lipinski definition) is 1. The molecule has 0 radical (unpaired) electrons. The van der Waals surface area contributed by atoms with Crippen LogP contribution in [-0.4, -0.2) is 37.7 Å². The van der Waals surface area contributed by atoms with Crippen molar-refractivity contribution in [2.75, 3.05) is 26.8 Å². The van der Waals surface area contributed by atoms with E-state index in [4.69, 9.17) is 15.2 Å². The Bertz CT molecular complexity index is 444. The maximum absolute atomic E-state index is 5.82. The van der Waals surface area contributed by atoms with Crippen LogP contribution in [0.5, 0.6) is 11.5 Å². The van der Waals surface area contributed by atoms with Gasteiger partial charge in [0.25, 0.3) is 0 Å². The molecule has 0 saturated heterocycles. The first-order valence-corrected chi connectivity index (χ1v) is 7.03. The van der Waals surface area contributed by atoms with Gasteiger partial charge < -0.3 is 20.1 Å². The predicted molar refractivity (Wildman–Crippen MR) is 74.5 cm³/mol. The molecular weight excluding hydrogens is 240 g/mol. The Morgan fingerprint density at radius 2 is 1.95 bits per heavy atom. The van der Waals surface area contributed by atoms with Gasteiger partial charge in [0.15, 0.2) is 11.5 Å². The molecule has 4 nitrogen and oxygen atoms in total. The van der Waals surface area contributed by atoms with Crippen molar-refractivity contribution in [3.05, 3.63) is 23.8 Å². The van der Waals surface area contributed by atoms with Crippen LogP contribution in [0, 0.1) is 5.92 Å². The number of nitrogens with zero attached hydrogens (tertiary/aromatic N) is 1. The summed E-state index contributed by atoms with van der Waals surface area (Å²) in [5.41, 5.74) is 7.10. The van der Waals surface area contributed by atoms with Crippen LogP contribution in [0.25, 0.3) is 0 Å². The lowest BCUT2D eigenvalue weighted by molar-refractivity contribution is 0.169. The van der Waals surface area contributed by atoms with E-state index < -0.39 is 0 Å². The van der Waals surface area contributed by atoms with Gasteiger partial charge in [0.1, 0.15) is 13.2 Å². The Hall–Kier alpha value is -1.26. The highest BCUT2D eigenvalue weighted by molar-refractivity contribution is 5.43. The van der Waals surface area contributed by atoms with Crippen LogP contribution in [0.1, 0.15) is 18.4 Å². The highest BCUT2D eigenvalue weighted by Crippen LogP contribution is 2.31. The number of benzene rings is 1. The van der Waals surface area contributed by atoms with Gasteiger partial charge in [0.05, 0.1) is 0 Å². The zero-order chi connectivity index (χ0) is 13.2. The van der Waals surface area contributed by atoms with Gasteiger partial charge in [-0.05, 0) is 43.5 Å². The molecular formula is C15H22N2O2. The first kappa shape index (κ1) is 12.8. The summed E-state index contributed by atoms with van der Waals surface area (Å²) in [4.78, 5) is 2.36. The van der Waals surface area contributed by atoms with E-state index in [2.05, 4.69) is 24.1 Å². The smallest absolute Gasteiger partial charge is 0.161 e. The molecule has 1 fully saturated rings. The fraction of sp³-hybridized carbons (Fsp3) is 0.600. The summed E-state index contributed by atoms with van der Waals surface area (Å²) in [6.45, 7) is 3.37. The fourth-order valence-electron chi connectivity index (χ4n) is 2.94. The lowest BCUT2D eigenvalue weighted by atomic mass is 9.80. The van der Waals surface area contributed by atoms with E-state index in [1.807, 2.05) is 6.07 Å². The maximum Gasteiger partial charge on any atom is 0.161 e. The molecule has 0 unspecified atom stereocenters. The molecule has 104 valence electrons. The van der Waals surface area contributed by atoms with Crippen LogP contribution in [-0.2, 0) is 6.54 Å². The van der Waals surface area contributed by atoms with Crippen molar-refractivity contribution in [3.63, 3.8) is 0 Å². The molecule has 1 saturated carbocycles. The van der Waals surface area contributed by atoms with Crippen molar-refractivity contribution in [2.24, 2.45) is 11.7 Å². The third kappa shape index (κ3) is 3.01. The van der Waals surface area contributed by atoms with Crippen LogP contribution in [0.15, 0.2) is 18.2 Å². The highest BCUT2D eigenvalue weighted by atomic mass is 16.6. The maximum atomic E-state index is 5.82. The van der Waals surface area contributed by atoms with Crippen LogP contribution in [0.3, 0.4) is 0 Å². The van der Waals surface area contributed by atoms with Gasteiger partial charge in [-0.15, -0.1) is 0 Å². The van der Waals surface area contributed by atoms with Gasteiger partial charge in [0.2, 0.25) is 0 Å². The molecule has 4 heteroatoms. The molecule has 1 aromatic carbocycles. The highest BCUT2D eigenvalue weighted by Gasteiger charge is 2.26. The summed E-state index contributed by atoms with van der Waals surface area (Å²) in [7, 11) is 2.17. The van der Waals surface area contributed by atoms with Crippen molar-refractivity contribution in [3.8, 4) is 11.5 Å². The SMILES string of the molecule is CN(Cc1ccc2c(c1)OCCO2)CC1CC(N)C1. The van der Waals surface area contributed by atoms with E-state index >= 15 is 0 Å². The largest absolute Gasteiger partial charge is 0.486 e. The molecule has 0 aromatic heterocycles. The van der Waals surface area contributed by atoms with Gasteiger partial charge in [-0.2, -0.15) is 0 Å². The minimum absolute atomic E-state index is 0.438. The van der Waals surface area contributed by atoms with E-state index in [0.29, 0.717) is 19.3 Å². The zero-order valence-corrected chi connectivity index (χ0v) is 11.5. The van der Waals surface area contributed by atoms with Crippen LogP contribution in [0.2, 0.25) is 0 Å². The average Bonchev–Trinajstić information content (AvgIpc) is 2.37. The summed E-state index contributed by atoms with van der Waals surface area (Å²) >= 11 is 0. The third-order valence-electron chi connectivity index (χ3n) is 3.90. The molecule has 2 N–H and O–H groups in total. The monoisotopic (exact) mass is 262 g/mol. The molecule has 2 aliphatic rings. The van der Waals surface area contributed by atoms with Gasteiger partial charge in [-0.25, -0.2) is 0 Å². The normalized spacial score (nSPS) is 25.2. The molecule has 1 heterocycles. The number of ether oxygens (including phenoxy) is 2. The summed E-state index contributed by atoms with van der Waals surface area (Å²) < 4.78 is 11.1. The molecule has 1 aliphatic carbocycles. The van der Waals surface area contributed by atoms with Gasteiger partial charge in [-0.3, -0.25) is 0 Å². The fourth-order valence-corrected chi connectivity index (χ4v) is 2.94. The molecule has 19 heavy (non-hydrogen) atoms. The lowest BCUT2D eigenvalue weighted by Crippen LogP contribution is -2.41. The second-order valence-corrected chi connectivity index (χ2v) is 5.77. The number of hydrogen-bond acceptors (Lipinski definition) is 4. The van der Waals surface area contributed by atoms with Crippen molar-refractivity contribution < 1.29 is 9.47 Å². The Morgan fingerprint density at radius 1 is 1.21 bits per heavy atom. The quantitative estimate of drug-likeness (QED) is 0.896. The minimum Gasteiger partial charge on any atom is -0.486 e. The predicted octanol–water partition coefficient (Wildman–Crippen LogP) is 1.63. The van der Waals surface area contributed by atoms with E-state index in [1.165, 1.54) is 18.4 Å². The van der Waals surface area contributed by atoms with Crippen molar-refractivity contribution in [1.29, 1.82) is 0 Å². The molecule has 1 aliphatic heterocycles. The average molecular weight is 262 g/mol. The molecule has 3 rings (SSSR count). The summed E-state index contributed by atoms with van der Waals surface area (Å²) in [6, 6.07) is 6.66. The molecule has 0 atom stereocenters. The van der Waals surface area contributed by atoms with Crippen LogP contribution in [0.4, 0.5) is 0 Å². The van der Waals surface area contributed by atoms with Gasteiger partial charge in [0, 0.05) is 19.1 Å². The lowest BCUT2D eigenvalue weighted by Gasteiger charge is -2.35. The second-order valence-electron chi connectivity index (χ2n) is 5.77. The van der Waals surface area contributed by atoms with Crippen molar-refractivity contribution in [1.82, 2.24) is 4.90 Å². The number of rotatable bonds is 4. The van der Waals surface area contributed by atoms with Crippen LogP contribution >= 0.6 is 0 Å². The standard InChI is InChI=1S/C15H22N2O2/c1-17(10-12-6-13(16)7-12)9-11-2-3-14-15(8-11)19-5-4-18-14/h2-3,8,12-13H,4-7,9-10,16H2,1H3. The summed E-state index contributed by atoms with van der Waals surface area (Å²) in [5, 5.41) is 0. The topological polar surface area (TPSA) is 47.7 Å². The minimum atomic E-state index is 0.438. The Morgan fingerprint density at radius 3 is 2.68 bits per heavy atom. The zero-order valence-electron chi connectivity index (χ0n) is 11.5. The van der Waals surface area contributed by atoms with Gasteiger partial charge >= 0.3 is 0 Å².